The Morgan fingerprint density at radius 1 is 1.38 bits per heavy atom. The van der Waals surface area contributed by atoms with Crippen LogP contribution in [0, 0.1) is 0 Å². The lowest BCUT2D eigenvalue weighted by Gasteiger charge is -2.44. The highest BCUT2D eigenvalue weighted by Gasteiger charge is 2.56. The molecular weight excluding hydrogens is 278 g/mol. The molecule has 1 amide bonds. The first-order valence-corrected chi connectivity index (χ1v) is 7.29. The molecule has 0 aliphatic carbocycles. The number of nitrogens with one attached hydrogen (secondary N) is 1. The second kappa shape index (κ2) is 5.23. The summed E-state index contributed by atoms with van der Waals surface area (Å²) in [5.74, 6) is -1.10. The van der Waals surface area contributed by atoms with Gasteiger partial charge in [-0.1, -0.05) is 0 Å². The third-order valence-corrected chi connectivity index (χ3v) is 4.07. The second-order valence-electron chi connectivity index (χ2n) is 6.21. The number of amides is 1. The molecule has 7 heteroatoms. The number of carbonyl (C=O) groups is 2. The van der Waals surface area contributed by atoms with E-state index >= 15 is 0 Å². The second-order valence-corrected chi connectivity index (χ2v) is 6.21. The molecule has 2 unspecified atom stereocenters. The predicted molar refractivity (Wildman–Crippen MR) is 70.3 cm³/mol. The van der Waals surface area contributed by atoms with Gasteiger partial charge in [-0.3, -0.25) is 9.59 Å². The van der Waals surface area contributed by atoms with E-state index in [1.807, 2.05) is 13.8 Å². The molecule has 0 saturated carbocycles. The van der Waals surface area contributed by atoms with Crippen molar-refractivity contribution in [1.82, 2.24) is 5.32 Å². The summed E-state index contributed by atoms with van der Waals surface area (Å²) < 4.78 is 22.9. The van der Waals surface area contributed by atoms with Crippen molar-refractivity contribution in [2.24, 2.45) is 0 Å². The van der Waals surface area contributed by atoms with E-state index < -0.39 is 5.79 Å². The van der Waals surface area contributed by atoms with Gasteiger partial charge in [0.25, 0.3) is 0 Å². The van der Waals surface area contributed by atoms with Gasteiger partial charge in [-0.25, -0.2) is 0 Å². The molecule has 3 aliphatic rings. The van der Waals surface area contributed by atoms with Crippen LogP contribution >= 0.6 is 0 Å². The third-order valence-electron chi connectivity index (χ3n) is 4.07. The minimum Gasteiger partial charge on any atom is -0.463 e. The number of esters is 1. The zero-order valence-corrected chi connectivity index (χ0v) is 12.5. The van der Waals surface area contributed by atoms with Crippen molar-refractivity contribution in [3.63, 3.8) is 0 Å². The minimum atomic E-state index is -0.746. The van der Waals surface area contributed by atoms with Gasteiger partial charge < -0.3 is 24.3 Å². The normalized spacial score (nSPS) is 40.9. The number of piperidine rings is 1. The lowest BCUT2D eigenvalue weighted by Crippen LogP contribution is -2.65. The Balaban J connectivity index is 1.79. The maximum Gasteiger partial charge on any atom is 0.302 e. The van der Waals surface area contributed by atoms with Crippen molar-refractivity contribution in [2.45, 2.75) is 69.9 Å². The number of hydrogen-bond acceptors (Lipinski definition) is 6. The van der Waals surface area contributed by atoms with Gasteiger partial charge in [0.15, 0.2) is 5.79 Å². The molecule has 3 saturated heterocycles. The third kappa shape index (κ3) is 2.90. The van der Waals surface area contributed by atoms with Crippen LogP contribution in [0.15, 0.2) is 0 Å². The van der Waals surface area contributed by atoms with E-state index in [9.17, 15) is 9.59 Å². The van der Waals surface area contributed by atoms with Crippen molar-refractivity contribution in [3.8, 4) is 0 Å². The Bertz CT molecular complexity index is 451. The summed E-state index contributed by atoms with van der Waals surface area (Å²) in [5, 5.41) is 2.94. The van der Waals surface area contributed by atoms with Crippen LogP contribution in [0.25, 0.3) is 0 Å². The zero-order chi connectivity index (χ0) is 15.2. The smallest absolute Gasteiger partial charge is 0.302 e. The van der Waals surface area contributed by atoms with E-state index in [-0.39, 0.29) is 48.9 Å². The van der Waals surface area contributed by atoms with Crippen molar-refractivity contribution in [2.75, 3.05) is 6.61 Å². The highest BCUT2D eigenvalue weighted by Crippen LogP contribution is 2.39. The van der Waals surface area contributed by atoms with Crippen molar-refractivity contribution < 1.29 is 28.5 Å². The number of fused-ring (bicyclic) bond motifs is 3. The zero-order valence-electron chi connectivity index (χ0n) is 12.5. The van der Waals surface area contributed by atoms with Gasteiger partial charge in [-0.15, -0.1) is 0 Å². The Hall–Kier alpha value is -1.18. The van der Waals surface area contributed by atoms with Crippen LogP contribution in [0.1, 0.15) is 33.6 Å². The fourth-order valence-corrected chi connectivity index (χ4v) is 3.27. The molecule has 5 atom stereocenters. The monoisotopic (exact) mass is 299 g/mol. The number of rotatable bonds is 2. The summed E-state index contributed by atoms with van der Waals surface area (Å²) in [5.41, 5.74) is 0. The Labute approximate surface area is 123 Å². The van der Waals surface area contributed by atoms with Crippen LogP contribution in [0.5, 0.6) is 0 Å². The molecule has 0 aromatic carbocycles. The average Bonchev–Trinajstić information content (AvgIpc) is 2.72. The van der Waals surface area contributed by atoms with Crippen LogP contribution in [-0.4, -0.2) is 54.7 Å². The first kappa shape index (κ1) is 14.7. The Morgan fingerprint density at radius 2 is 2.10 bits per heavy atom. The molecule has 0 spiro atoms. The van der Waals surface area contributed by atoms with Gasteiger partial charge in [0.1, 0.15) is 24.9 Å². The first-order chi connectivity index (χ1) is 9.85. The molecule has 3 rings (SSSR count). The summed E-state index contributed by atoms with van der Waals surface area (Å²) in [6.45, 7) is 5.15. The van der Waals surface area contributed by atoms with Crippen molar-refractivity contribution in [1.29, 1.82) is 0 Å². The molecule has 118 valence electrons. The maximum absolute atomic E-state index is 11.6. The standard InChI is InChI=1S/C14H21NO6/c1-7(16)18-6-9-12-13(21-14(2,3)20-12)11-8(19-9)4-5-10(17)15-11/h8-9,11-13H,4-6H2,1-3H3,(H,15,17)/t8?,9-,11?,12+,13-/m1/s1. The topological polar surface area (TPSA) is 83.1 Å². The number of hydrogen-bond donors (Lipinski definition) is 1. The lowest BCUT2D eigenvalue weighted by atomic mass is 9.88. The predicted octanol–water partition coefficient (Wildman–Crippen LogP) is 0.116. The molecule has 0 aromatic rings. The van der Waals surface area contributed by atoms with Gasteiger partial charge in [0.05, 0.1) is 12.1 Å². The Kier molecular flexibility index (Phi) is 3.67. The summed E-state index contributed by atoms with van der Waals surface area (Å²) in [6, 6.07) is -0.216. The number of carbonyl (C=O) groups excluding carboxylic acids is 2. The summed E-state index contributed by atoms with van der Waals surface area (Å²) in [4.78, 5) is 22.7. The van der Waals surface area contributed by atoms with E-state index in [0.717, 1.165) is 0 Å². The highest BCUT2D eigenvalue weighted by molar-refractivity contribution is 5.77. The summed E-state index contributed by atoms with van der Waals surface area (Å²) >= 11 is 0. The van der Waals surface area contributed by atoms with E-state index in [0.29, 0.717) is 12.8 Å². The fourth-order valence-electron chi connectivity index (χ4n) is 3.27. The molecule has 7 nitrogen and oxygen atoms in total. The van der Waals surface area contributed by atoms with Crippen LogP contribution in [0.4, 0.5) is 0 Å². The fraction of sp³-hybridized carbons (Fsp3) is 0.857. The quantitative estimate of drug-likeness (QED) is 0.729. The molecule has 0 bridgehead atoms. The van der Waals surface area contributed by atoms with E-state index in [2.05, 4.69) is 5.32 Å². The molecule has 0 aromatic heterocycles. The minimum absolute atomic E-state index is 0.00495. The van der Waals surface area contributed by atoms with Crippen LogP contribution < -0.4 is 5.32 Å². The van der Waals surface area contributed by atoms with E-state index in [1.54, 1.807) is 0 Å². The average molecular weight is 299 g/mol. The van der Waals surface area contributed by atoms with E-state index in [1.165, 1.54) is 6.92 Å². The summed E-state index contributed by atoms with van der Waals surface area (Å²) in [6.07, 6.45) is -0.0927. The molecule has 3 fully saturated rings. The molecule has 1 N–H and O–H groups in total. The number of ether oxygens (including phenoxy) is 4. The highest BCUT2D eigenvalue weighted by atomic mass is 16.8. The molecular formula is C14H21NO6. The SMILES string of the molecule is CC(=O)OC[C@H]1OC2CCC(=O)NC2[C@H]2OC(C)(C)O[C@H]21. The molecule has 21 heavy (non-hydrogen) atoms. The van der Waals surface area contributed by atoms with Crippen molar-refractivity contribution in [3.05, 3.63) is 0 Å². The van der Waals surface area contributed by atoms with Gasteiger partial charge >= 0.3 is 5.97 Å². The first-order valence-electron chi connectivity index (χ1n) is 7.29. The lowest BCUT2D eigenvalue weighted by molar-refractivity contribution is -0.184. The van der Waals surface area contributed by atoms with Crippen LogP contribution in [0.3, 0.4) is 0 Å². The van der Waals surface area contributed by atoms with Gasteiger partial charge in [-0.05, 0) is 20.3 Å². The molecule has 3 heterocycles. The van der Waals surface area contributed by atoms with Gasteiger partial charge in [0.2, 0.25) is 5.91 Å². The Morgan fingerprint density at radius 3 is 2.81 bits per heavy atom. The van der Waals surface area contributed by atoms with Gasteiger partial charge in [-0.2, -0.15) is 0 Å². The van der Waals surface area contributed by atoms with Crippen LogP contribution in [-0.2, 0) is 28.5 Å². The molecule has 0 radical (unpaired) electrons. The largest absolute Gasteiger partial charge is 0.463 e. The van der Waals surface area contributed by atoms with Crippen LogP contribution in [0.2, 0.25) is 0 Å². The van der Waals surface area contributed by atoms with Crippen molar-refractivity contribution >= 4 is 11.9 Å². The maximum atomic E-state index is 11.6. The van der Waals surface area contributed by atoms with Gasteiger partial charge in [0, 0.05) is 13.3 Å². The van der Waals surface area contributed by atoms with E-state index in [4.69, 9.17) is 18.9 Å². The summed E-state index contributed by atoms with van der Waals surface area (Å²) in [7, 11) is 0. The molecule has 3 aliphatic heterocycles.